The van der Waals surface area contributed by atoms with Crippen molar-refractivity contribution < 1.29 is 19.4 Å². The molecule has 1 fully saturated rings. The summed E-state index contributed by atoms with van der Waals surface area (Å²) in [7, 11) is 1.30. The van der Waals surface area contributed by atoms with Gasteiger partial charge < -0.3 is 9.84 Å². The third kappa shape index (κ3) is 1.64. The molecular formula is C8H10O4. The van der Waals surface area contributed by atoms with Crippen LogP contribution in [0.4, 0.5) is 0 Å². The summed E-state index contributed by atoms with van der Waals surface area (Å²) >= 11 is 0. The van der Waals surface area contributed by atoms with Gasteiger partial charge in [0.25, 0.3) is 0 Å². The summed E-state index contributed by atoms with van der Waals surface area (Å²) in [6, 6.07) is 0. The monoisotopic (exact) mass is 170 g/mol. The molecule has 4 nitrogen and oxygen atoms in total. The highest BCUT2D eigenvalue weighted by Crippen LogP contribution is 2.47. The van der Waals surface area contributed by atoms with E-state index in [1.54, 1.807) is 0 Å². The predicted octanol–water partition coefficient (Wildman–Crippen LogP) is 0.580. The lowest BCUT2D eigenvalue weighted by atomic mass is 10.1. The largest absolute Gasteiger partial charge is 0.478 e. The second-order valence-electron chi connectivity index (χ2n) is 2.82. The van der Waals surface area contributed by atoms with Crippen LogP contribution in [0.25, 0.3) is 0 Å². The maximum absolute atomic E-state index is 11.0. The fourth-order valence-corrected chi connectivity index (χ4v) is 1.01. The Morgan fingerprint density at radius 1 is 1.50 bits per heavy atom. The summed E-state index contributed by atoms with van der Waals surface area (Å²) in [5.41, 5.74) is -0.632. The third-order valence-electron chi connectivity index (χ3n) is 1.93. The SMILES string of the molecule is COC(=O)C1(C=CC(=O)O)CC1. The number of aliphatic carboxylic acids is 1. The Kier molecular flexibility index (Phi) is 2.17. The molecule has 0 aliphatic heterocycles. The highest BCUT2D eigenvalue weighted by Gasteiger charge is 2.48. The molecule has 0 spiro atoms. The summed E-state index contributed by atoms with van der Waals surface area (Å²) < 4.78 is 4.53. The van der Waals surface area contributed by atoms with E-state index in [0.29, 0.717) is 12.8 Å². The van der Waals surface area contributed by atoms with Crippen LogP contribution in [0.3, 0.4) is 0 Å². The van der Waals surface area contributed by atoms with Gasteiger partial charge >= 0.3 is 11.9 Å². The molecule has 0 bridgehead atoms. The second kappa shape index (κ2) is 2.97. The van der Waals surface area contributed by atoms with Gasteiger partial charge in [-0.15, -0.1) is 0 Å². The summed E-state index contributed by atoms with van der Waals surface area (Å²) in [5, 5.41) is 8.32. The fraction of sp³-hybridized carbons (Fsp3) is 0.500. The number of carboxylic acid groups (broad SMARTS) is 1. The predicted molar refractivity (Wildman–Crippen MR) is 40.5 cm³/mol. The first-order valence-corrected chi connectivity index (χ1v) is 3.61. The number of ether oxygens (including phenoxy) is 1. The van der Waals surface area contributed by atoms with E-state index in [1.807, 2.05) is 0 Å². The van der Waals surface area contributed by atoms with Gasteiger partial charge in [-0.05, 0) is 12.8 Å². The average Bonchev–Trinajstić information content (AvgIpc) is 2.80. The van der Waals surface area contributed by atoms with Gasteiger partial charge in [-0.1, -0.05) is 6.08 Å². The molecule has 1 aliphatic carbocycles. The topological polar surface area (TPSA) is 63.6 Å². The first kappa shape index (κ1) is 8.77. The van der Waals surface area contributed by atoms with Gasteiger partial charge in [0.1, 0.15) is 0 Å². The Balaban J connectivity index is 2.61. The zero-order valence-corrected chi connectivity index (χ0v) is 6.74. The molecule has 0 amide bonds. The van der Waals surface area contributed by atoms with Gasteiger partial charge in [0.05, 0.1) is 12.5 Å². The molecule has 0 radical (unpaired) electrons. The van der Waals surface area contributed by atoms with Gasteiger partial charge in [0, 0.05) is 6.08 Å². The average molecular weight is 170 g/mol. The van der Waals surface area contributed by atoms with Crippen LogP contribution in [0.1, 0.15) is 12.8 Å². The van der Waals surface area contributed by atoms with Gasteiger partial charge in [-0.3, -0.25) is 4.79 Å². The van der Waals surface area contributed by atoms with Crippen molar-refractivity contribution in [3.63, 3.8) is 0 Å². The van der Waals surface area contributed by atoms with E-state index in [0.717, 1.165) is 6.08 Å². The molecule has 66 valence electrons. The minimum atomic E-state index is -1.04. The third-order valence-corrected chi connectivity index (χ3v) is 1.93. The van der Waals surface area contributed by atoms with Gasteiger partial charge in [0.2, 0.25) is 0 Å². The van der Waals surface area contributed by atoms with Crippen LogP contribution in [0.15, 0.2) is 12.2 Å². The van der Waals surface area contributed by atoms with Gasteiger partial charge in [0.15, 0.2) is 0 Å². The maximum atomic E-state index is 11.0. The first-order valence-electron chi connectivity index (χ1n) is 3.61. The van der Waals surface area contributed by atoms with Crippen LogP contribution in [0, 0.1) is 5.41 Å². The van der Waals surface area contributed by atoms with Gasteiger partial charge in [-0.25, -0.2) is 4.79 Å². The Bertz CT molecular complexity index is 237. The molecule has 12 heavy (non-hydrogen) atoms. The van der Waals surface area contributed by atoms with Crippen molar-refractivity contribution in [1.29, 1.82) is 0 Å². The van der Waals surface area contributed by atoms with E-state index in [9.17, 15) is 9.59 Å². The number of hydrogen-bond donors (Lipinski definition) is 1. The minimum absolute atomic E-state index is 0.347. The van der Waals surface area contributed by atoms with Crippen LogP contribution < -0.4 is 0 Å². The summed E-state index contributed by atoms with van der Waals surface area (Å²) in [6.45, 7) is 0. The zero-order valence-electron chi connectivity index (χ0n) is 6.74. The Hall–Kier alpha value is -1.32. The van der Waals surface area contributed by atoms with E-state index >= 15 is 0 Å². The smallest absolute Gasteiger partial charge is 0.328 e. The van der Waals surface area contributed by atoms with Crippen molar-refractivity contribution >= 4 is 11.9 Å². The molecular weight excluding hydrogens is 160 g/mol. The lowest BCUT2D eigenvalue weighted by Crippen LogP contribution is -2.15. The number of carbonyl (C=O) groups excluding carboxylic acids is 1. The molecule has 0 unspecified atom stereocenters. The van der Waals surface area contributed by atoms with Crippen molar-refractivity contribution in [3.05, 3.63) is 12.2 Å². The normalized spacial score (nSPS) is 19.1. The lowest BCUT2D eigenvalue weighted by Gasteiger charge is -2.04. The van der Waals surface area contributed by atoms with E-state index in [4.69, 9.17) is 5.11 Å². The van der Waals surface area contributed by atoms with Crippen molar-refractivity contribution in [2.45, 2.75) is 12.8 Å². The van der Waals surface area contributed by atoms with Gasteiger partial charge in [-0.2, -0.15) is 0 Å². The maximum Gasteiger partial charge on any atom is 0.328 e. The number of esters is 1. The number of carboxylic acids is 1. The Labute approximate surface area is 69.8 Å². The number of rotatable bonds is 3. The summed E-state index contributed by atoms with van der Waals surface area (Å²) in [5.74, 6) is -1.38. The molecule has 4 heteroatoms. The van der Waals surface area contributed by atoms with E-state index in [1.165, 1.54) is 13.2 Å². The minimum Gasteiger partial charge on any atom is -0.478 e. The number of carbonyl (C=O) groups is 2. The highest BCUT2D eigenvalue weighted by atomic mass is 16.5. The molecule has 1 rings (SSSR count). The molecule has 0 atom stereocenters. The summed E-state index contributed by atoms with van der Waals surface area (Å²) in [6.07, 6.45) is 3.76. The first-order chi connectivity index (χ1) is 5.60. The van der Waals surface area contributed by atoms with E-state index in [-0.39, 0.29) is 5.97 Å². The number of hydrogen-bond acceptors (Lipinski definition) is 3. The number of methoxy groups -OCH3 is 1. The quantitative estimate of drug-likeness (QED) is 0.497. The van der Waals surface area contributed by atoms with Crippen LogP contribution in [0.5, 0.6) is 0 Å². The molecule has 0 aromatic heterocycles. The Morgan fingerprint density at radius 2 is 2.08 bits per heavy atom. The zero-order chi connectivity index (χ0) is 9.19. The molecule has 1 aliphatic rings. The fourth-order valence-electron chi connectivity index (χ4n) is 1.01. The molecule has 1 saturated carbocycles. The molecule has 0 heterocycles. The Morgan fingerprint density at radius 3 is 2.42 bits per heavy atom. The van der Waals surface area contributed by atoms with E-state index < -0.39 is 11.4 Å². The molecule has 0 saturated heterocycles. The van der Waals surface area contributed by atoms with Crippen molar-refractivity contribution in [2.75, 3.05) is 7.11 Å². The van der Waals surface area contributed by atoms with Crippen LogP contribution in [-0.4, -0.2) is 24.2 Å². The summed E-state index contributed by atoms with van der Waals surface area (Å²) in [4.78, 5) is 21.2. The van der Waals surface area contributed by atoms with E-state index in [2.05, 4.69) is 4.74 Å². The van der Waals surface area contributed by atoms with Crippen LogP contribution >= 0.6 is 0 Å². The van der Waals surface area contributed by atoms with Crippen molar-refractivity contribution in [2.24, 2.45) is 5.41 Å². The van der Waals surface area contributed by atoms with Crippen LogP contribution in [0.2, 0.25) is 0 Å². The molecule has 0 aromatic rings. The second-order valence-corrected chi connectivity index (χ2v) is 2.82. The lowest BCUT2D eigenvalue weighted by molar-refractivity contribution is -0.145. The molecule has 1 N–H and O–H groups in total. The highest BCUT2D eigenvalue weighted by molar-refractivity contribution is 5.86. The van der Waals surface area contributed by atoms with Crippen molar-refractivity contribution in [1.82, 2.24) is 0 Å². The molecule has 0 aromatic carbocycles. The van der Waals surface area contributed by atoms with Crippen LogP contribution in [-0.2, 0) is 14.3 Å². The van der Waals surface area contributed by atoms with Crippen molar-refractivity contribution in [3.8, 4) is 0 Å². The standard InChI is InChI=1S/C8H10O4/c1-12-7(11)8(4-5-8)3-2-6(9)10/h2-3H,4-5H2,1H3,(H,9,10).